The molecule has 11 heteroatoms. The average Bonchev–Trinajstić information content (AvgIpc) is 3.39. The number of rotatable bonds is 9. The number of likely N-dealkylation sites (N-methyl/N-ethyl adjacent to an activating group) is 1. The lowest BCUT2D eigenvalue weighted by Gasteiger charge is -2.43. The number of fused-ring (bicyclic) bond motifs is 1. The molecule has 0 saturated carbocycles. The van der Waals surface area contributed by atoms with Gasteiger partial charge in [0.25, 0.3) is 11.8 Å². The van der Waals surface area contributed by atoms with Gasteiger partial charge in [-0.25, -0.2) is 9.99 Å². The summed E-state index contributed by atoms with van der Waals surface area (Å²) in [6.45, 7) is 5.66. The number of hydrogen-bond acceptors (Lipinski definition) is 9. The van der Waals surface area contributed by atoms with Crippen LogP contribution < -0.4 is 25.3 Å². The Morgan fingerprint density at radius 3 is 2.67 bits per heavy atom. The molecule has 1 saturated heterocycles. The Morgan fingerprint density at radius 1 is 1.25 bits per heavy atom. The molecule has 1 unspecified atom stereocenters. The van der Waals surface area contributed by atoms with Crippen molar-refractivity contribution in [2.24, 2.45) is 0 Å². The lowest BCUT2D eigenvalue weighted by Crippen LogP contribution is -2.57. The summed E-state index contributed by atoms with van der Waals surface area (Å²) < 4.78 is 5.55. The molecule has 1 fully saturated rings. The maximum atomic E-state index is 12.8. The lowest BCUT2D eigenvalue weighted by molar-refractivity contribution is -0.120. The molecule has 0 spiro atoms. The van der Waals surface area contributed by atoms with E-state index in [0.717, 1.165) is 19.6 Å². The summed E-state index contributed by atoms with van der Waals surface area (Å²) in [6.07, 6.45) is 4.74. The second-order valence-electron chi connectivity index (χ2n) is 9.26. The molecule has 2 N–H and O–H groups in total. The van der Waals surface area contributed by atoms with E-state index in [2.05, 4.69) is 20.5 Å². The molecule has 11 nitrogen and oxygen atoms in total. The van der Waals surface area contributed by atoms with Crippen LogP contribution in [0.15, 0.2) is 24.4 Å². The first-order valence-electron chi connectivity index (χ1n) is 12.4. The number of anilines is 4. The first-order chi connectivity index (χ1) is 17.3. The van der Waals surface area contributed by atoms with Crippen molar-refractivity contribution in [2.75, 3.05) is 69.7 Å². The number of carbonyl (C=O) groups is 2. The van der Waals surface area contributed by atoms with Gasteiger partial charge in [-0.15, -0.1) is 0 Å². The Bertz CT molecular complexity index is 1100. The van der Waals surface area contributed by atoms with Crippen LogP contribution in [0, 0.1) is 0 Å². The second-order valence-corrected chi connectivity index (χ2v) is 9.26. The van der Waals surface area contributed by atoms with E-state index >= 15 is 0 Å². The molecular formula is C25H36N8O3. The molecule has 0 aliphatic carbocycles. The maximum absolute atomic E-state index is 12.8. The van der Waals surface area contributed by atoms with Gasteiger partial charge in [0.15, 0.2) is 5.82 Å². The molecule has 3 heterocycles. The standard InChI is InChI=1S/C25H36N8O3/c1-6-19-24(35)31(4)20-16-27-25(29-22(20)33(19)30(2)3)28-18-10-9-17(15-21(18)36-5)23(34)26-11-14-32-12-7-8-13-32/h9-10,15-16,19H,6-8,11-14H2,1-5H3,(H,26,34)(H,27,28,29). The first-order valence-corrected chi connectivity index (χ1v) is 12.4. The zero-order chi connectivity index (χ0) is 25.8. The number of hydrogen-bond donors (Lipinski definition) is 2. The van der Waals surface area contributed by atoms with Gasteiger partial charge in [0.1, 0.15) is 17.5 Å². The Kier molecular flexibility index (Phi) is 7.90. The topological polar surface area (TPSA) is 106 Å². The average molecular weight is 497 g/mol. The molecule has 2 amide bonds. The predicted molar refractivity (Wildman–Crippen MR) is 140 cm³/mol. The summed E-state index contributed by atoms with van der Waals surface area (Å²) in [7, 11) is 7.07. The quantitative estimate of drug-likeness (QED) is 0.540. The van der Waals surface area contributed by atoms with E-state index in [1.165, 1.54) is 12.8 Å². The molecule has 1 aromatic carbocycles. The Labute approximate surface area is 212 Å². The van der Waals surface area contributed by atoms with E-state index in [1.807, 2.05) is 31.0 Å². The molecule has 2 aliphatic heterocycles. The number of nitrogens with zero attached hydrogens (tertiary/aromatic N) is 6. The highest BCUT2D eigenvalue weighted by Gasteiger charge is 2.38. The zero-order valence-corrected chi connectivity index (χ0v) is 21.7. The van der Waals surface area contributed by atoms with Crippen molar-refractivity contribution >= 4 is 35.0 Å². The van der Waals surface area contributed by atoms with Crippen LogP contribution in [0.5, 0.6) is 5.75 Å². The molecular weight excluding hydrogens is 460 g/mol. The van der Waals surface area contributed by atoms with Crippen molar-refractivity contribution in [3.63, 3.8) is 0 Å². The normalized spacial score (nSPS) is 17.9. The fraction of sp³-hybridized carbons (Fsp3) is 0.520. The SMILES string of the molecule is CCC1C(=O)N(C)c2cnc(Nc3ccc(C(=O)NCCN4CCCC4)cc3OC)nc2N1N(C)C. The highest BCUT2D eigenvalue weighted by molar-refractivity contribution is 6.04. The number of nitrogens with one attached hydrogen (secondary N) is 2. The molecule has 2 aromatic rings. The van der Waals surface area contributed by atoms with E-state index in [4.69, 9.17) is 9.72 Å². The smallest absolute Gasteiger partial charge is 0.251 e. The molecule has 194 valence electrons. The fourth-order valence-electron chi connectivity index (χ4n) is 4.73. The first kappa shape index (κ1) is 25.6. The van der Waals surface area contributed by atoms with Gasteiger partial charge in [0.05, 0.1) is 19.0 Å². The number of aromatic nitrogens is 2. The van der Waals surface area contributed by atoms with Gasteiger partial charge in [0.2, 0.25) is 5.95 Å². The van der Waals surface area contributed by atoms with Gasteiger partial charge in [-0.3, -0.25) is 14.6 Å². The van der Waals surface area contributed by atoms with Gasteiger partial charge in [-0.1, -0.05) is 6.92 Å². The summed E-state index contributed by atoms with van der Waals surface area (Å²) in [5.41, 5.74) is 1.79. The van der Waals surface area contributed by atoms with Crippen molar-refractivity contribution in [2.45, 2.75) is 32.2 Å². The Morgan fingerprint density at radius 2 is 2.00 bits per heavy atom. The highest BCUT2D eigenvalue weighted by Crippen LogP contribution is 2.36. The van der Waals surface area contributed by atoms with Crippen molar-refractivity contribution in [3.8, 4) is 5.75 Å². The zero-order valence-electron chi connectivity index (χ0n) is 21.7. The summed E-state index contributed by atoms with van der Waals surface area (Å²) in [5, 5.41) is 9.95. The van der Waals surface area contributed by atoms with Crippen LogP contribution in [0.2, 0.25) is 0 Å². The molecule has 2 aliphatic rings. The second kappa shape index (κ2) is 11.1. The number of hydrazine groups is 1. The van der Waals surface area contributed by atoms with E-state index in [0.29, 0.717) is 47.4 Å². The Hall–Kier alpha value is -3.44. The van der Waals surface area contributed by atoms with Gasteiger partial charge >= 0.3 is 0 Å². The number of likely N-dealkylation sites (tertiary alicyclic amines) is 1. The molecule has 1 aromatic heterocycles. The van der Waals surface area contributed by atoms with Gasteiger partial charge in [-0.2, -0.15) is 4.98 Å². The van der Waals surface area contributed by atoms with Gasteiger partial charge < -0.3 is 25.2 Å². The summed E-state index contributed by atoms with van der Waals surface area (Å²) >= 11 is 0. The van der Waals surface area contributed by atoms with Crippen LogP contribution in [0.3, 0.4) is 0 Å². The van der Waals surface area contributed by atoms with Crippen molar-refractivity contribution in [1.29, 1.82) is 0 Å². The van der Waals surface area contributed by atoms with Crippen LogP contribution in [-0.4, -0.2) is 92.2 Å². The van der Waals surface area contributed by atoms with E-state index in [9.17, 15) is 9.59 Å². The van der Waals surface area contributed by atoms with Crippen LogP contribution in [-0.2, 0) is 4.79 Å². The molecule has 0 radical (unpaired) electrons. The fourth-order valence-corrected chi connectivity index (χ4v) is 4.73. The minimum Gasteiger partial charge on any atom is -0.495 e. The third kappa shape index (κ3) is 5.21. The van der Waals surface area contributed by atoms with Crippen LogP contribution >= 0.6 is 0 Å². The van der Waals surface area contributed by atoms with Crippen LogP contribution in [0.25, 0.3) is 0 Å². The molecule has 4 rings (SSSR count). The van der Waals surface area contributed by atoms with Crippen molar-refractivity contribution < 1.29 is 14.3 Å². The van der Waals surface area contributed by atoms with E-state index in [1.54, 1.807) is 43.5 Å². The number of amides is 2. The van der Waals surface area contributed by atoms with Crippen LogP contribution in [0.4, 0.5) is 23.1 Å². The third-order valence-electron chi connectivity index (χ3n) is 6.68. The Balaban J connectivity index is 1.51. The number of benzene rings is 1. The van der Waals surface area contributed by atoms with Gasteiger partial charge in [0, 0.05) is 39.8 Å². The van der Waals surface area contributed by atoms with E-state index in [-0.39, 0.29) is 17.9 Å². The third-order valence-corrected chi connectivity index (χ3v) is 6.68. The lowest BCUT2D eigenvalue weighted by atomic mass is 10.1. The van der Waals surface area contributed by atoms with E-state index < -0.39 is 0 Å². The number of carbonyl (C=O) groups excluding carboxylic acids is 2. The van der Waals surface area contributed by atoms with Crippen molar-refractivity contribution in [1.82, 2.24) is 25.2 Å². The number of ether oxygens (including phenoxy) is 1. The van der Waals surface area contributed by atoms with Crippen LogP contribution in [0.1, 0.15) is 36.5 Å². The molecule has 0 bridgehead atoms. The van der Waals surface area contributed by atoms with Crippen molar-refractivity contribution in [3.05, 3.63) is 30.0 Å². The summed E-state index contributed by atoms with van der Waals surface area (Å²) in [4.78, 5) is 38.6. The predicted octanol–water partition coefficient (Wildman–Crippen LogP) is 2.09. The number of methoxy groups -OCH3 is 1. The summed E-state index contributed by atoms with van der Waals surface area (Å²) in [6, 6.07) is 4.89. The summed E-state index contributed by atoms with van der Waals surface area (Å²) in [5.74, 6) is 1.37. The maximum Gasteiger partial charge on any atom is 0.251 e. The molecule has 1 atom stereocenters. The largest absolute Gasteiger partial charge is 0.495 e. The molecule has 36 heavy (non-hydrogen) atoms. The van der Waals surface area contributed by atoms with Gasteiger partial charge in [-0.05, 0) is 50.6 Å². The minimum atomic E-state index is -0.349. The minimum absolute atomic E-state index is 0.000950. The highest BCUT2D eigenvalue weighted by atomic mass is 16.5. The monoisotopic (exact) mass is 496 g/mol.